The van der Waals surface area contributed by atoms with Crippen molar-refractivity contribution in [2.75, 3.05) is 6.54 Å². The minimum atomic E-state index is 0.276. The van der Waals surface area contributed by atoms with Gasteiger partial charge < -0.3 is 16.3 Å². The smallest absolute Gasteiger partial charge is 0.139 e. The van der Waals surface area contributed by atoms with Crippen molar-refractivity contribution < 1.29 is 5.21 Å². The summed E-state index contributed by atoms with van der Waals surface area (Å²) in [5, 5.41) is 14.7. The maximum absolute atomic E-state index is 8.39. The second-order valence-electron chi connectivity index (χ2n) is 3.89. The average molecular weight is 300 g/mol. The molecule has 1 atom stereocenters. The van der Waals surface area contributed by atoms with Crippen molar-refractivity contribution in [3.63, 3.8) is 0 Å². The summed E-state index contributed by atoms with van der Waals surface area (Å²) in [7, 11) is 0. The Morgan fingerprint density at radius 2 is 2.24 bits per heavy atom. The molecule has 0 saturated heterocycles. The zero-order valence-electron chi connectivity index (χ0n) is 9.86. The number of nitrogens with one attached hydrogen (secondary N) is 1. The highest BCUT2D eigenvalue weighted by atomic mass is 79.9. The second-order valence-corrected chi connectivity index (χ2v) is 4.75. The predicted octanol–water partition coefficient (Wildman–Crippen LogP) is 2.63. The van der Waals surface area contributed by atoms with E-state index in [0.717, 1.165) is 17.4 Å². The molecule has 0 aliphatic heterocycles. The summed E-state index contributed by atoms with van der Waals surface area (Å²) in [4.78, 5) is 0. The topological polar surface area (TPSA) is 70.6 Å². The lowest BCUT2D eigenvalue weighted by atomic mass is 10.1. The van der Waals surface area contributed by atoms with Crippen molar-refractivity contribution in [2.24, 2.45) is 10.9 Å². The number of halogens is 1. The van der Waals surface area contributed by atoms with Gasteiger partial charge in [0, 0.05) is 16.9 Å². The zero-order valence-corrected chi connectivity index (χ0v) is 11.4. The highest BCUT2D eigenvalue weighted by Gasteiger charge is 2.07. The van der Waals surface area contributed by atoms with Crippen LogP contribution in [0.15, 0.2) is 33.9 Å². The number of amidine groups is 1. The van der Waals surface area contributed by atoms with Gasteiger partial charge in [-0.25, -0.2) is 0 Å². The summed E-state index contributed by atoms with van der Waals surface area (Å²) in [5.74, 6) is 0.278. The van der Waals surface area contributed by atoms with E-state index in [0.29, 0.717) is 6.42 Å². The Morgan fingerprint density at radius 3 is 2.88 bits per heavy atom. The van der Waals surface area contributed by atoms with Crippen molar-refractivity contribution in [1.82, 2.24) is 5.32 Å². The first-order chi connectivity index (χ1) is 8.15. The van der Waals surface area contributed by atoms with E-state index in [1.165, 1.54) is 5.56 Å². The molecule has 0 fully saturated rings. The largest absolute Gasteiger partial charge is 0.409 e. The van der Waals surface area contributed by atoms with E-state index in [4.69, 9.17) is 10.9 Å². The number of hydrogen-bond donors (Lipinski definition) is 3. The zero-order chi connectivity index (χ0) is 12.7. The van der Waals surface area contributed by atoms with E-state index in [1.807, 2.05) is 18.2 Å². The standard InChI is InChI=1S/C12H18BrN3O/c1-9(10-5-2-3-6-11(10)13)15-8-4-7-12(14)16-17/h2-3,5-6,9,15,17H,4,7-8H2,1H3,(H2,14,16)/t9-/m0/s1. The Balaban J connectivity index is 2.35. The third-order valence-corrected chi connectivity index (χ3v) is 3.28. The lowest BCUT2D eigenvalue weighted by Crippen LogP contribution is -2.22. The molecule has 0 heterocycles. The molecule has 0 bridgehead atoms. The summed E-state index contributed by atoms with van der Waals surface area (Å²) in [6.45, 7) is 2.95. The van der Waals surface area contributed by atoms with Crippen LogP contribution in [0, 0.1) is 0 Å². The van der Waals surface area contributed by atoms with Gasteiger partial charge in [0.2, 0.25) is 0 Å². The van der Waals surface area contributed by atoms with Crippen LogP contribution in [0.1, 0.15) is 31.4 Å². The maximum Gasteiger partial charge on any atom is 0.139 e. The molecular formula is C12H18BrN3O. The number of hydrogen-bond acceptors (Lipinski definition) is 3. The molecule has 94 valence electrons. The molecule has 4 nitrogen and oxygen atoms in total. The monoisotopic (exact) mass is 299 g/mol. The van der Waals surface area contributed by atoms with Gasteiger partial charge in [-0.2, -0.15) is 0 Å². The summed E-state index contributed by atoms with van der Waals surface area (Å²) in [5.41, 5.74) is 6.62. The summed E-state index contributed by atoms with van der Waals surface area (Å²) < 4.78 is 1.11. The molecule has 0 radical (unpaired) electrons. The minimum Gasteiger partial charge on any atom is -0.409 e. The number of oxime groups is 1. The van der Waals surface area contributed by atoms with Crippen LogP contribution in [0.3, 0.4) is 0 Å². The third-order valence-electron chi connectivity index (χ3n) is 2.56. The van der Waals surface area contributed by atoms with Crippen LogP contribution in [-0.4, -0.2) is 17.6 Å². The Morgan fingerprint density at radius 1 is 1.53 bits per heavy atom. The molecule has 1 aromatic rings. The molecule has 1 aromatic carbocycles. The van der Waals surface area contributed by atoms with Gasteiger partial charge in [0.15, 0.2) is 0 Å². The highest BCUT2D eigenvalue weighted by molar-refractivity contribution is 9.10. The molecule has 4 N–H and O–H groups in total. The molecule has 0 amide bonds. The Kier molecular flexibility index (Phi) is 6.00. The summed E-state index contributed by atoms with van der Waals surface area (Å²) in [6, 6.07) is 8.42. The molecule has 5 heteroatoms. The Hall–Kier alpha value is -1.07. The molecule has 17 heavy (non-hydrogen) atoms. The van der Waals surface area contributed by atoms with Gasteiger partial charge in [0.1, 0.15) is 5.84 Å². The van der Waals surface area contributed by atoms with E-state index in [2.05, 4.69) is 39.4 Å². The van der Waals surface area contributed by atoms with Crippen LogP contribution in [0.2, 0.25) is 0 Å². The average Bonchev–Trinajstić information content (AvgIpc) is 2.34. The molecular weight excluding hydrogens is 282 g/mol. The first kappa shape index (κ1) is 14.0. The first-order valence-corrected chi connectivity index (χ1v) is 6.38. The highest BCUT2D eigenvalue weighted by Crippen LogP contribution is 2.22. The normalized spacial score (nSPS) is 13.6. The van der Waals surface area contributed by atoms with Gasteiger partial charge in [-0.15, -0.1) is 0 Å². The van der Waals surface area contributed by atoms with Crippen LogP contribution in [0.25, 0.3) is 0 Å². The summed E-state index contributed by atoms with van der Waals surface area (Å²) in [6.07, 6.45) is 1.46. The van der Waals surface area contributed by atoms with Crippen LogP contribution in [-0.2, 0) is 0 Å². The molecule has 0 aromatic heterocycles. The second kappa shape index (κ2) is 7.29. The van der Waals surface area contributed by atoms with E-state index < -0.39 is 0 Å². The van der Waals surface area contributed by atoms with Crippen LogP contribution < -0.4 is 11.1 Å². The van der Waals surface area contributed by atoms with Gasteiger partial charge in [-0.05, 0) is 31.5 Å². The lowest BCUT2D eigenvalue weighted by molar-refractivity contribution is 0.316. The van der Waals surface area contributed by atoms with E-state index in [1.54, 1.807) is 0 Å². The van der Waals surface area contributed by atoms with Crippen molar-refractivity contribution in [1.29, 1.82) is 0 Å². The molecule has 0 aliphatic carbocycles. The molecule has 0 unspecified atom stereocenters. The number of nitrogens with zero attached hydrogens (tertiary/aromatic N) is 1. The minimum absolute atomic E-state index is 0.276. The summed E-state index contributed by atoms with van der Waals surface area (Å²) >= 11 is 3.53. The van der Waals surface area contributed by atoms with Crippen LogP contribution in [0.4, 0.5) is 0 Å². The first-order valence-electron chi connectivity index (χ1n) is 5.59. The Labute approximate surface area is 110 Å². The van der Waals surface area contributed by atoms with Gasteiger partial charge in [0.25, 0.3) is 0 Å². The van der Waals surface area contributed by atoms with Crippen molar-refractivity contribution >= 4 is 21.8 Å². The van der Waals surface area contributed by atoms with Crippen molar-refractivity contribution in [2.45, 2.75) is 25.8 Å². The quantitative estimate of drug-likeness (QED) is 0.249. The van der Waals surface area contributed by atoms with E-state index in [9.17, 15) is 0 Å². The number of benzene rings is 1. The lowest BCUT2D eigenvalue weighted by Gasteiger charge is -2.15. The molecule has 1 rings (SSSR count). The van der Waals surface area contributed by atoms with E-state index in [-0.39, 0.29) is 11.9 Å². The van der Waals surface area contributed by atoms with Gasteiger partial charge in [-0.3, -0.25) is 0 Å². The van der Waals surface area contributed by atoms with Gasteiger partial charge >= 0.3 is 0 Å². The fraction of sp³-hybridized carbons (Fsp3) is 0.417. The van der Waals surface area contributed by atoms with Crippen molar-refractivity contribution in [3.05, 3.63) is 34.3 Å². The molecule has 0 spiro atoms. The van der Waals surface area contributed by atoms with Gasteiger partial charge in [0.05, 0.1) is 0 Å². The van der Waals surface area contributed by atoms with Crippen molar-refractivity contribution in [3.8, 4) is 0 Å². The fourth-order valence-electron chi connectivity index (χ4n) is 1.57. The maximum atomic E-state index is 8.39. The fourth-order valence-corrected chi connectivity index (χ4v) is 2.20. The Bertz CT molecular complexity index is 382. The SMILES string of the molecule is C[C@H](NCCC/C(N)=N/O)c1ccccc1Br. The van der Waals surface area contributed by atoms with Crippen LogP contribution in [0.5, 0.6) is 0 Å². The van der Waals surface area contributed by atoms with Gasteiger partial charge in [-0.1, -0.05) is 39.3 Å². The predicted molar refractivity (Wildman–Crippen MR) is 73.2 cm³/mol. The number of rotatable bonds is 6. The molecule has 0 saturated carbocycles. The number of nitrogens with two attached hydrogens (primary N) is 1. The van der Waals surface area contributed by atoms with Crippen LogP contribution >= 0.6 is 15.9 Å². The molecule has 0 aliphatic rings. The third kappa shape index (κ3) is 4.75. The van der Waals surface area contributed by atoms with E-state index >= 15 is 0 Å².